The summed E-state index contributed by atoms with van der Waals surface area (Å²) in [7, 11) is 0. The number of carbonyl (C=O) groups is 1. The molecule has 1 aromatic heterocycles. The zero-order chi connectivity index (χ0) is 15.8. The molecule has 2 aliphatic rings. The lowest BCUT2D eigenvalue weighted by Crippen LogP contribution is -2.36. The second kappa shape index (κ2) is 5.76. The summed E-state index contributed by atoms with van der Waals surface area (Å²) in [6, 6.07) is 10.3. The molecule has 1 atom stereocenters. The standard InChI is InChI=1S/C19H21NO3/c1-13(17-3-2-9-22-17)20(16-5-6-16)19(21)12-14-4-7-18-15(11-14)8-10-23-18/h2-4,7,9,11,13,16H,5-6,8,10,12H2,1H3. The monoisotopic (exact) mass is 311 g/mol. The van der Waals surface area contributed by atoms with E-state index in [2.05, 4.69) is 6.07 Å². The van der Waals surface area contributed by atoms with Gasteiger partial charge in [0.1, 0.15) is 11.5 Å². The van der Waals surface area contributed by atoms with Crippen LogP contribution in [0.4, 0.5) is 0 Å². The molecule has 0 bridgehead atoms. The van der Waals surface area contributed by atoms with Gasteiger partial charge in [0.15, 0.2) is 0 Å². The number of rotatable bonds is 5. The minimum atomic E-state index is -0.0113. The molecule has 1 aliphatic heterocycles. The van der Waals surface area contributed by atoms with Crippen LogP contribution in [0.5, 0.6) is 5.75 Å². The van der Waals surface area contributed by atoms with Crippen LogP contribution in [0.25, 0.3) is 0 Å². The van der Waals surface area contributed by atoms with Gasteiger partial charge in [-0.25, -0.2) is 0 Å². The fourth-order valence-electron chi connectivity index (χ4n) is 3.37. The summed E-state index contributed by atoms with van der Waals surface area (Å²) in [6.45, 7) is 2.79. The van der Waals surface area contributed by atoms with Gasteiger partial charge in [0.2, 0.25) is 5.91 Å². The Hall–Kier alpha value is -2.23. The smallest absolute Gasteiger partial charge is 0.227 e. The van der Waals surface area contributed by atoms with Crippen molar-refractivity contribution in [2.24, 2.45) is 0 Å². The van der Waals surface area contributed by atoms with E-state index in [0.29, 0.717) is 12.5 Å². The lowest BCUT2D eigenvalue weighted by molar-refractivity contribution is -0.133. The molecule has 0 N–H and O–H groups in total. The van der Waals surface area contributed by atoms with Crippen LogP contribution in [0.3, 0.4) is 0 Å². The minimum Gasteiger partial charge on any atom is -0.493 e. The lowest BCUT2D eigenvalue weighted by atomic mass is 10.0. The van der Waals surface area contributed by atoms with Gasteiger partial charge in [-0.1, -0.05) is 12.1 Å². The van der Waals surface area contributed by atoms with Crippen LogP contribution in [0.1, 0.15) is 42.7 Å². The molecule has 1 aromatic carbocycles. The number of carbonyl (C=O) groups excluding carboxylic acids is 1. The van der Waals surface area contributed by atoms with Gasteiger partial charge in [-0.15, -0.1) is 0 Å². The molecule has 0 radical (unpaired) electrons. The Kier molecular flexibility index (Phi) is 3.60. The van der Waals surface area contributed by atoms with Crippen molar-refractivity contribution in [1.29, 1.82) is 0 Å². The molecule has 1 amide bonds. The van der Waals surface area contributed by atoms with Gasteiger partial charge in [-0.3, -0.25) is 4.79 Å². The van der Waals surface area contributed by atoms with Crippen LogP contribution in [0, 0.1) is 0 Å². The maximum Gasteiger partial charge on any atom is 0.227 e. The lowest BCUT2D eigenvalue weighted by Gasteiger charge is -2.28. The Morgan fingerprint density at radius 2 is 2.22 bits per heavy atom. The van der Waals surface area contributed by atoms with Crippen LogP contribution in [0.15, 0.2) is 41.0 Å². The van der Waals surface area contributed by atoms with E-state index >= 15 is 0 Å². The fraction of sp³-hybridized carbons (Fsp3) is 0.421. The quantitative estimate of drug-likeness (QED) is 0.848. The van der Waals surface area contributed by atoms with Gasteiger partial charge in [0.05, 0.1) is 25.3 Å². The number of hydrogen-bond acceptors (Lipinski definition) is 3. The van der Waals surface area contributed by atoms with Crippen LogP contribution >= 0.6 is 0 Å². The van der Waals surface area contributed by atoms with Crippen molar-refractivity contribution in [3.63, 3.8) is 0 Å². The van der Waals surface area contributed by atoms with Crippen molar-refractivity contribution in [3.8, 4) is 5.75 Å². The third-order valence-corrected chi connectivity index (χ3v) is 4.71. The molecule has 1 fully saturated rings. The molecule has 23 heavy (non-hydrogen) atoms. The van der Waals surface area contributed by atoms with Gasteiger partial charge >= 0.3 is 0 Å². The van der Waals surface area contributed by atoms with Crippen LogP contribution in [-0.4, -0.2) is 23.5 Å². The highest BCUT2D eigenvalue weighted by molar-refractivity contribution is 5.80. The van der Waals surface area contributed by atoms with Crippen molar-refractivity contribution in [1.82, 2.24) is 4.90 Å². The first-order valence-corrected chi connectivity index (χ1v) is 8.31. The number of fused-ring (bicyclic) bond motifs is 1. The van der Waals surface area contributed by atoms with Gasteiger partial charge in [0, 0.05) is 12.5 Å². The van der Waals surface area contributed by atoms with E-state index < -0.39 is 0 Å². The Bertz CT molecular complexity index is 703. The van der Waals surface area contributed by atoms with Crippen LogP contribution in [-0.2, 0) is 17.6 Å². The Balaban J connectivity index is 1.52. The maximum absolute atomic E-state index is 12.9. The Morgan fingerprint density at radius 1 is 1.35 bits per heavy atom. The predicted molar refractivity (Wildman–Crippen MR) is 86.3 cm³/mol. The molecular formula is C19H21NO3. The molecule has 2 heterocycles. The molecule has 1 saturated carbocycles. The first-order valence-electron chi connectivity index (χ1n) is 8.31. The van der Waals surface area contributed by atoms with Crippen molar-refractivity contribution < 1.29 is 13.9 Å². The van der Waals surface area contributed by atoms with Crippen LogP contribution in [0.2, 0.25) is 0 Å². The topological polar surface area (TPSA) is 42.7 Å². The number of nitrogens with zero attached hydrogens (tertiary/aromatic N) is 1. The second-order valence-electron chi connectivity index (χ2n) is 6.44. The Morgan fingerprint density at radius 3 is 2.96 bits per heavy atom. The first-order chi connectivity index (χ1) is 11.2. The van der Waals surface area contributed by atoms with Crippen molar-refractivity contribution in [2.45, 2.75) is 44.7 Å². The Labute approximate surface area is 136 Å². The molecule has 0 saturated heterocycles. The maximum atomic E-state index is 12.9. The van der Waals surface area contributed by atoms with E-state index in [0.717, 1.165) is 42.9 Å². The van der Waals surface area contributed by atoms with Gasteiger partial charge in [0.25, 0.3) is 0 Å². The van der Waals surface area contributed by atoms with Crippen molar-refractivity contribution in [3.05, 3.63) is 53.5 Å². The minimum absolute atomic E-state index is 0.0113. The average molecular weight is 311 g/mol. The van der Waals surface area contributed by atoms with Crippen LogP contribution < -0.4 is 4.74 Å². The summed E-state index contributed by atoms with van der Waals surface area (Å²) in [5.74, 6) is 1.99. The zero-order valence-corrected chi connectivity index (χ0v) is 13.3. The summed E-state index contributed by atoms with van der Waals surface area (Å²) >= 11 is 0. The molecule has 4 heteroatoms. The highest BCUT2D eigenvalue weighted by atomic mass is 16.5. The predicted octanol–water partition coefficient (Wildman–Crippen LogP) is 3.51. The summed E-state index contributed by atoms with van der Waals surface area (Å²) < 4.78 is 11.0. The highest BCUT2D eigenvalue weighted by Crippen LogP contribution is 2.35. The van der Waals surface area contributed by atoms with Gasteiger partial charge in [-0.2, -0.15) is 0 Å². The summed E-state index contributed by atoms with van der Waals surface area (Å²) in [4.78, 5) is 14.9. The van der Waals surface area contributed by atoms with Gasteiger partial charge < -0.3 is 14.1 Å². The molecule has 1 unspecified atom stereocenters. The summed E-state index contributed by atoms with van der Waals surface area (Å²) in [6.07, 6.45) is 5.23. The van der Waals surface area contributed by atoms with E-state index in [-0.39, 0.29) is 11.9 Å². The second-order valence-corrected chi connectivity index (χ2v) is 6.44. The first kappa shape index (κ1) is 14.4. The van der Waals surface area contributed by atoms with Crippen molar-refractivity contribution >= 4 is 5.91 Å². The molecule has 1 aliphatic carbocycles. The van der Waals surface area contributed by atoms with E-state index in [4.69, 9.17) is 9.15 Å². The average Bonchev–Trinajstić information content (AvgIpc) is 3.05. The number of furan rings is 1. The largest absolute Gasteiger partial charge is 0.493 e. The number of ether oxygens (including phenoxy) is 1. The molecule has 4 nitrogen and oxygen atoms in total. The number of benzene rings is 1. The van der Waals surface area contributed by atoms with E-state index in [1.54, 1.807) is 6.26 Å². The van der Waals surface area contributed by atoms with E-state index in [1.807, 2.05) is 36.1 Å². The highest BCUT2D eigenvalue weighted by Gasteiger charge is 2.37. The number of hydrogen-bond donors (Lipinski definition) is 0. The molecule has 0 spiro atoms. The van der Waals surface area contributed by atoms with Crippen molar-refractivity contribution in [2.75, 3.05) is 6.61 Å². The zero-order valence-electron chi connectivity index (χ0n) is 13.3. The molecular weight excluding hydrogens is 290 g/mol. The summed E-state index contributed by atoms with van der Waals surface area (Å²) in [5, 5.41) is 0. The van der Waals surface area contributed by atoms with Gasteiger partial charge in [-0.05, 0) is 49.1 Å². The third-order valence-electron chi connectivity index (χ3n) is 4.71. The molecule has 120 valence electrons. The van der Waals surface area contributed by atoms with E-state index in [1.165, 1.54) is 5.56 Å². The van der Waals surface area contributed by atoms with E-state index in [9.17, 15) is 4.79 Å². The third kappa shape index (κ3) is 2.85. The number of amides is 1. The molecule has 4 rings (SSSR count). The molecule has 2 aromatic rings. The normalized spacial score (nSPS) is 17.4. The summed E-state index contributed by atoms with van der Waals surface area (Å²) in [5.41, 5.74) is 2.28. The fourth-order valence-corrected chi connectivity index (χ4v) is 3.37. The SMILES string of the molecule is CC(c1ccco1)N(C(=O)Cc1ccc2c(c1)CCO2)C1CC1.